The molecule has 0 N–H and O–H groups in total. The van der Waals surface area contributed by atoms with E-state index in [4.69, 9.17) is 9.47 Å². The highest BCUT2D eigenvalue weighted by molar-refractivity contribution is 5.92. The lowest BCUT2D eigenvalue weighted by atomic mass is 9.73. The maximum Gasteiger partial charge on any atom is 0.272 e. The lowest BCUT2D eigenvalue weighted by Crippen LogP contribution is -2.58. The van der Waals surface area contributed by atoms with Gasteiger partial charge >= 0.3 is 0 Å². The molecular formula is C17H23N3O3. The summed E-state index contributed by atoms with van der Waals surface area (Å²) in [6.45, 7) is 6.95. The van der Waals surface area contributed by atoms with Crippen LogP contribution in [-0.4, -0.2) is 59.8 Å². The van der Waals surface area contributed by atoms with Gasteiger partial charge in [-0.25, -0.2) is 9.97 Å². The zero-order valence-corrected chi connectivity index (χ0v) is 13.3. The van der Waals surface area contributed by atoms with E-state index < -0.39 is 0 Å². The van der Waals surface area contributed by atoms with Gasteiger partial charge in [0.2, 0.25) is 0 Å². The standard InChI is InChI=1S/C17H23N3O3/c1-2-9-22-12-17-6-3-10-23-15(17)5-8-20(11-17)16(21)14-4-7-18-13-19-14/h2,4,7,13,15H,1,3,5-6,8-12H2/t15-,17+/m1/s1. The number of hydrogen-bond donors (Lipinski definition) is 0. The highest BCUT2D eigenvalue weighted by Crippen LogP contribution is 2.40. The van der Waals surface area contributed by atoms with Gasteiger partial charge in [0.05, 0.1) is 19.3 Å². The SMILES string of the molecule is C=CCOC[C@@]12CCCO[C@@H]1CCN(C(=O)c1ccncn1)C2. The minimum absolute atomic E-state index is 0.0421. The largest absolute Gasteiger partial charge is 0.377 e. The van der Waals surface area contributed by atoms with Crippen molar-refractivity contribution in [2.45, 2.75) is 25.4 Å². The van der Waals surface area contributed by atoms with Crippen LogP contribution in [0.1, 0.15) is 29.8 Å². The van der Waals surface area contributed by atoms with Crippen LogP contribution in [0.4, 0.5) is 0 Å². The Balaban J connectivity index is 1.75. The fourth-order valence-corrected chi connectivity index (χ4v) is 3.60. The van der Waals surface area contributed by atoms with Crippen LogP contribution in [0.5, 0.6) is 0 Å². The number of fused-ring (bicyclic) bond motifs is 1. The van der Waals surface area contributed by atoms with E-state index in [-0.39, 0.29) is 17.4 Å². The molecule has 0 aromatic carbocycles. The quantitative estimate of drug-likeness (QED) is 0.611. The summed E-state index contributed by atoms with van der Waals surface area (Å²) in [6, 6.07) is 1.66. The van der Waals surface area contributed by atoms with Crippen molar-refractivity contribution in [3.05, 3.63) is 36.9 Å². The Morgan fingerprint density at radius 2 is 2.52 bits per heavy atom. The molecule has 0 spiro atoms. The number of carbonyl (C=O) groups excluding carboxylic acids is 1. The maximum absolute atomic E-state index is 12.7. The summed E-state index contributed by atoms with van der Waals surface area (Å²) in [5, 5.41) is 0. The van der Waals surface area contributed by atoms with E-state index in [0.717, 1.165) is 25.9 Å². The normalized spacial score (nSPS) is 27.3. The van der Waals surface area contributed by atoms with Gasteiger partial charge in [0.15, 0.2) is 0 Å². The molecule has 3 rings (SSSR count). The van der Waals surface area contributed by atoms with E-state index in [1.165, 1.54) is 6.33 Å². The second-order valence-corrected chi connectivity index (χ2v) is 6.24. The summed E-state index contributed by atoms with van der Waals surface area (Å²) in [5.41, 5.74) is 0.319. The second-order valence-electron chi connectivity index (χ2n) is 6.24. The van der Waals surface area contributed by atoms with E-state index in [9.17, 15) is 4.79 Å². The summed E-state index contributed by atoms with van der Waals surface area (Å²) in [7, 11) is 0. The number of hydrogen-bond acceptors (Lipinski definition) is 5. The van der Waals surface area contributed by atoms with Crippen molar-refractivity contribution in [3.63, 3.8) is 0 Å². The third-order valence-corrected chi connectivity index (χ3v) is 4.70. The highest BCUT2D eigenvalue weighted by Gasteiger charge is 2.47. The Hall–Kier alpha value is -1.79. The zero-order valence-electron chi connectivity index (χ0n) is 13.3. The number of carbonyl (C=O) groups is 1. The minimum Gasteiger partial charge on any atom is -0.377 e. The molecule has 2 aliphatic rings. The fourth-order valence-electron chi connectivity index (χ4n) is 3.60. The summed E-state index contributed by atoms with van der Waals surface area (Å²) < 4.78 is 11.7. The Morgan fingerprint density at radius 1 is 1.61 bits per heavy atom. The first kappa shape index (κ1) is 16.1. The predicted octanol–water partition coefficient (Wildman–Crippen LogP) is 1.69. The first-order valence-corrected chi connectivity index (χ1v) is 8.11. The van der Waals surface area contributed by atoms with Crippen LogP contribution in [0.3, 0.4) is 0 Å². The minimum atomic E-state index is -0.123. The van der Waals surface area contributed by atoms with Crippen molar-refractivity contribution in [2.24, 2.45) is 5.41 Å². The van der Waals surface area contributed by atoms with Crippen molar-refractivity contribution < 1.29 is 14.3 Å². The van der Waals surface area contributed by atoms with Crippen LogP contribution >= 0.6 is 0 Å². The number of ether oxygens (including phenoxy) is 2. The molecule has 0 saturated carbocycles. The fraction of sp³-hybridized carbons (Fsp3) is 0.588. The predicted molar refractivity (Wildman–Crippen MR) is 85.0 cm³/mol. The molecule has 0 aliphatic carbocycles. The summed E-state index contributed by atoms with van der Waals surface area (Å²) in [6.07, 6.45) is 7.78. The van der Waals surface area contributed by atoms with Gasteiger partial charge in [-0.15, -0.1) is 6.58 Å². The first-order chi connectivity index (χ1) is 11.2. The summed E-state index contributed by atoms with van der Waals surface area (Å²) in [4.78, 5) is 22.5. The third-order valence-electron chi connectivity index (χ3n) is 4.70. The molecule has 124 valence electrons. The molecule has 23 heavy (non-hydrogen) atoms. The summed E-state index contributed by atoms with van der Waals surface area (Å²) >= 11 is 0. The van der Waals surface area contributed by atoms with Gasteiger partial charge < -0.3 is 14.4 Å². The number of piperidine rings is 1. The number of nitrogens with zero attached hydrogens (tertiary/aromatic N) is 3. The van der Waals surface area contributed by atoms with Crippen molar-refractivity contribution in [1.82, 2.24) is 14.9 Å². The third kappa shape index (κ3) is 3.43. The Kier molecular flexibility index (Phi) is 5.03. The van der Waals surface area contributed by atoms with Gasteiger partial charge in [0.1, 0.15) is 12.0 Å². The highest BCUT2D eigenvalue weighted by atomic mass is 16.5. The lowest BCUT2D eigenvalue weighted by Gasteiger charge is -2.50. The van der Waals surface area contributed by atoms with Crippen molar-refractivity contribution in [3.8, 4) is 0 Å². The van der Waals surface area contributed by atoms with Gasteiger partial charge in [-0.1, -0.05) is 6.08 Å². The number of rotatable bonds is 5. The van der Waals surface area contributed by atoms with Crippen LogP contribution in [-0.2, 0) is 9.47 Å². The molecule has 1 aromatic heterocycles. The zero-order chi connectivity index (χ0) is 16.1. The molecule has 3 heterocycles. The smallest absolute Gasteiger partial charge is 0.272 e. The van der Waals surface area contributed by atoms with Gasteiger partial charge in [-0.05, 0) is 25.3 Å². The average Bonchev–Trinajstić information content (AvgIpc) is 2.61. The number of likely N-dealkylation sites (tertiary alicyclic amines) is 1. The lowest BCUT2D eigenvalue weighted by molar-refractivity contribution is -0.144. The van der Waals surface area contributed by atoms with Crippen molar-refractivity contribution in [1.29, 1.82) is 0 Å². The second kappa shape index (κ2) is 7.19. The Labute approximate surface area is 136 Å². The average molecular weight is 317 g/mol. The molecule has 2 fully saturated rings. The van der Waals surface area contributed by atoms with Crippen LogP contribution in [0.2, 0.25) is 0 Å². The van der Waals surface area contributed by atoms with Gasteiger partial charge in [0.25, 0.3) is 5.91 Å². The van der Waals surface area contributed by atoms with Crippen molar-refractivity contribution in [2.75, 3.05) is 32.9 Å². The van der Waals surface area contributed by atoms with E-state index in [0.29, 0.717) is 32.0 Å². The topological polar surface area (TPSA) is 64.6 Å². The summed E-state index contributed by atoms with van der Waals surface area (Å²) in [5.74, 6) is -0.0421. The van der Waals surface area contributed by atoms with Gasteiger partial charge in [-0.3, -0.25) is 4.79 Å². The molecular weight excluding hydrogens is 294 g/mol. The van der Waals surface area contributed by atoms with E-state index in [1.54, 1.807) is 18.3 Å². The van der Waals surface area contributed by atoms with Crippen LogP contribution in [0.15, 0.2) is 31.2 Å². The molecule has 1 aromatic rings. The maximum atomic E-state index is 12.7. The van der Waals surface area contributed by atoms with E-state index >= 15 is 0 Å². The molecule has 1 amide bonds. The number of amides is 1. The molecule has 0 unspecified atom stereocenters. The Morgan fingerprint density at radius 3 is 3.30 bits per heavy atom. The van der Waals surface area contributed by atoms with Crippen LogP contribution in [0.25, 0.3) is 0 Å². The van der Waals surface area contributed by atoms with E-state index in [1.807, 2.05) is 4.90 Å². The van der Waals surface area contributed by atoms with Crippen LogP contribution < -0.4 is 0 Å². The molecule has 0 bridgehead atoms. The van der Waals surface area contributed by atoms with Crippen molar-refractivity contribution >= 4 is 5.91 Å². The molecule has 6 nitrogen and oxygen atoms in total. The molecule has 6 heteroatoms. The van der Waals surface area contributed by atoms with E-state index in [2.05, 4.69) is 16.5 Å². The molecule has 0 radical (unpaired) electrons. The molecule has 2 saturated heterocycles. The molecule has 2 atom stereocenters. The van der Waals surface area contributed by atoms with Gasteiger partial charge in [0, 0.05) is 31.3 Å². The molecule has 2 aliphatic heterocycles. The monoisotopic (exact) mass is 317 g/mol. The van der Waals surface area contributed by atoms with Gasteiger partial charge in [-0.2, -0.15) is 0 Å². The Bertz CT molecular complexity index is 551. The van der Waals surface area contributed by atoms with Crippen LogP contribution in [0, 0.1) is 5.41 Å². The number of aromatic nitrogens is 2. The first-order valence-electron chi connectivity index (χ1n) is 8.11.